The first-order valence-corrected chi connectivity index (χ1v) is 12.8. The molecule has 198 valence electrons. The van der Waals surface area contributed by atoms with Crippen molar-refractivity contribution in [1.29, 1.82) is 0 Å². The fourth-order valence-electron chi connectivity index (χ4n) is 5.63. The Morgan fingerprint density at radius 1 is 1.13 bits per heavy atom. The average Bonchev–Trinajstić information content (AvgIpc) is 3.66. The number of likely N-dealkylation sites (tertiary alicyclic amines) is 1. The first-order chi connectivity index (χ1) is 18.4. The molecule has 3 heterocycles. The highest BCUT2D eigenvalue weighted by Gasteiger charge is 2.44. The van der Waals surface area contributed by atoms with Gasteiger partial charge in [-0.05, 0) is 43.0 Å². The van der Waals surface area contributed by atoms with Crippen LogP contribution in [0.2, 0.25) is 0 Å². The van der Waals surface area contributed by atoms with Crippen LogP contribution in [0.5, 0.6) is 5.75 Å². The maximum Gasteiger partial charge on any atom is 0.271 e. The van der Waals surface area contributed by atoms with Crippen molar-refractivity contribution in [3.63, 3.8) is 0 Å². The molecule has 2 fully saturated rings. The van der Waals surface area contributed by atoms with Crippen LogP contribution in [0.4, 0.5) is 0 Å². The molecule has 10 heteroatoms. The molecular formula is C28H31N5O5. The Hall–Kier alpha value is -4.34. The molecule has 3 aromatic rings. The Balaban J connectivity index is 1.44. The topological polar surface area (TPSA) is 147 Å². The van der Waals surface area contributed by atoms with Gasteiger partial charge in [0.05, 0.1) is 7.11 Å². The Labute approximate surface area is 219 Å². The second-order valence-corrected chi connectivity index (χ2v) is 9.83. The number of nitrogens with zero attached hydrogens (tertiary/aromatic N) is 1. The first kappa shape index (κ1) is 25.3. The standard InChI is InChI=1S/C28H31N5O5/c1-38-23-9-5-8-20-19(23)15-22(31-20)28(37)33-13-11-18(16-6-3-2-4-7-16)24(33)27(36)32-21(25(29)34)14-17-10-12-30-26(17)35/h2-9,15,17-18,21,24,31H,10-14H2,1H3,(H2,29,34)(H,30,35)(H,32,36)/t17-,18+,21-,24-/m0/s1. The Morgan fingerprint density at radius 2 is 1.92 bits per heavy atom. The highest BCUT2D eigenvalue weighted by atomic mass is 16.5. The molecule has 2 aliphatic heterocycles. The normalized spacial score (nSPS) is 21.8. The van der Waals surface area contributed by atoms with Crippen molar-refractivity contribution in [2.24, 2.45) is 11.7 Å². The molecule has 5 rings (SSSR count). The zero-order valence-corrected chi connectivity index (χ0v) is 21.1. The molecule has 0 saturated carbocycles. The highest BCUT2D eigenvalue weighted by Crippen LogP contribution is 2.36. The minimum atomic E-state index is -1.03. The van der Waals surface area contributed by atoms with E-state index in [1.165, 1.54) is 0 Å². The van der Waals surface area contributed by atoms with E-state index in [9.17, 15) is 19.2 Å². The summed E-state index contributed by atoms with van der Waals surface area (Å²) < 4.78 is 5.43. The number of nitrogens with one attached hydrogen (secondary N) is 3. The van der Waals surface area contributed by atoms with Crippen LogP contribution in [0, 0.1) is 5.92 Å². The van der Waals surface area contributed by atoms with Crippen LogP contribution >= 0.6 is 0 Å². The number of rotatable bonds is 8. The van der Waals surface area contributed by atoms with Crippen LogP contribution < -0.4 is 21.1 Å². The molecule has 0 spiro atoms. The lowest BCUT2D eigenvalue weighted by atomic mass is 9.90. The van der Waals surface area contributed by atoms with Crippen LogP contribution in [0.1, 0.15) is 41.2 Å². The summed E-state index contributed by atoms with van der Waals surface area (Å²) >= 11 is 0. The van der Waals surface area contributed by atoms with Crippen LogP contribution in [0.25, 0.3) is 10.9 Å². The van der Waals surface area contributed by atoms with Gasteiger partial charge in [0.2, 0.25) is 17.7 Å². The number of carbonyl (C=O) groups excluding carboxylic acids is 4. The fraction of sp³-hybridized carbons (Fsp3) is 0.357. The van der Waals surface area contributed by atoms with Crippen LogP contribution in [-0.4, -0.2) is 65.8 Å². The number of primary amides is 1. The number of hydrogen-bond acceptors (Lipinski definition) is 5. The zero-order chi connectivity index (χ0) is 26.8. The van der Waals surface area contributed by atoms with Gasteiger partial charge < -0.3 is 31.0 Å². The highest BCUT2D eigenvalue weighted by molar-refractivity contribution is 6.02. The third-order valence-corrected chi connectivity index (χ3v) is 7.57. The van der Waals surface area contributed by atoms with Gasteiger partial charge in [0.15, 0.2) is 0 Å². The van der Waals surface area contributed by atoms with E-state index in [2.05, 4.69) is 15.6 Å². The van der Waals surface area contributed by atoms with E-state index in [-0.39, 0.29) is 24.2 Å². The molecule has 0 aliphatic carbocycles. The lowest BCUT2D eigenvalue weighted by molar-refractivity contribution is -0.131. The van der Waals surface area contributed by atoms with E-state index >= 15 is 0 Å². The number of aromatic nitrogens is 1. The van der Waals surface area contributed by atoms with E-state index < -0.39 is 29.8 Å². The zero-order valence-electron chi connectivity index (χ0n) is 21.1. The van der Waals surface area contributed by atoms with Crippen molar-refractivity contribution in [2.45, 2.75) is 37.3 Å². The molecule has 1 aromatic heterocycles. The van der Waals surface area contributed by atoms with Crippen molar-refractivity contribution >= 4 is 34.5 Å². The van der Waals surface area contributed by atoms with Gasteiger partial charge in [-0.1, -0.05) is 36.4 Å². The molecule has 2 saturated heterocycles. The molecule has 2 aliphatic rings. The lowest BCUT2D eigenvalue weighted by Gasteiger charge is -2.29. The van der Waals surface area contributed by atoms with Gasteiger partial charge in [0, 0.05) is 35.8 Å². The summed E-state index contributed by atoms with van der Waals surface area (Å²) in [7, 11) is 1.57. The van der Waals surface area contributed by atoms with Crippen molar-refractivity contribution in [2.75, 3.05) is 20.2 Å². The molecule has 4 amide bonds. The number of ether oxygens (including phenoxy) is 1. The number of methoxy groups -OCH3 is 1. The van der Waals surface area contributed by atoms with Gasteiger partial charge in [0.25, 0.3) is 5.91 Å². The number of fused-ring (bicyclic) bond motifs is 1. The molecule has 4 atom stereocenters. The average molecular weight is 518 g/mol. The number of amides is 4. The van der Waals surface area contributed by atoms with Crippen LogP contribution in [0.15, 0.2) is 54.6 Å². The van der Waals surface area contributed by atoms with Gasteiger partial charge in [-0.2, -0.15) is 0 Å². The van der Waals surface area contributed by atoms with Gasteiger partial charge in [0.1, 0.15) is 23.5 Å². The first-order valence-electron chi connectivity index (χ1n) is 12.8. The van der Waals surface area contributed by atoms with E-state index in [0.29, 0.717) is 37.4 Å². The number of H-pyrrole nitrogens is 1. The van der Waals surface area contributed by atoms with E-state index in [0.717, 1.165) is 16.5 Å². The SMILES string of the molecule is COc1cccc2[nH]c(C(=O)N3CC[C@H](c4ccccc4)[C@H]3C(=O)N[C@@H](C[C@@H]3CCNC3=O)C(N)=O)cc12. The Morgan fingerprint density at radius 3 is 2.61 bits per heavy atom. The summed E-state index contributed by atoms with van der Waals surface area (Å²) in [4.78, 5) is 56.6. The summed E-state index contributed by atoms with van der Waals surface area (Å²) in [6.07, 6.45) is 1.26. The summed E-state index contributed by atoms with van der Waals surface area (Å²) in [5, 5.41) is 6.28. The van der Waals surface area contributed by atoms with Gasteiger partial charge in [-0.25, -0.2) is 0 Å². The molecule has 10 nitrogen and oxygen atoms in total. The summed E-state index contributed by atoms with van der Waals surface area (Å²) in [5.41, 5.74) is 7.63. The van der Waals surface area contributed by atoms with Crippen molar-refractivity contribution < 1.29 is 23.9 Å². The van der Waals surface area contributed by atoms with Crippen molar-refractivity contribution in [1.82, 2.24) is 20.5 Å². The van der Waals surface area contributed by atoms with Gasteiger partial charge in [-0.15, -0.1) is 0 Å². The number of nitrogens with two attached hydrogens (primary N) is 1. The molecule has 38 heavy (non-hydrogen) atoms. The van der Waals surface area contributed by atoms with Gasteiger partial charge >= 0.3 is 0 Å². The molecule has 0 radical (unpaired) electrons. The quantitative estimate of drug-likeness (QED) is 0.359. The second kappa shape index (κ2) is 10.6. The Bertz CT molecular complexity index is 1370. The number of aromatic amines is 1. The minimum Gasteiger partial charge on any atom is -0.496 e. The smallest absolute Gasteiger partial charge is 0.271 e. The van der Waals surface area contributed by atoms with Crippen molar-refractivity contribution in [3.8, 4) is 5.75 Å². The van der Waals surface area contributed by atoms with E-state index in [4.69, 9.17) is 10.5 Å². The summed E-state index contributed by atoms with van der Waals surface area (Å²) in [5.74, 6) is -1.71. The summed E-state index contributed by atoms with van der Waals surface area (Å²) in [6, 6.07) is 14.9. The van der Waals surface area contributed by atoms with Crippen molar-refractivity contribution in [3.05, 3.63) is 65.9 Å². The molecular weight excluding hydrogens is 486 g/mol. The third kappa shape index (κ3) is 4.81. The largest absolute Gasteiger partial charge is 0.496 e. The van der Waals surface area contributed by atoms with Crippen LogP contribution in [0.3, 0.4) is 0 Å². The number of carbonyl (C=O) groups is 4. The minimum absolute atomic E-state index is 0.116. The molecule has 2 aromatic carbocycles. The molecule has 5 N–H and O–H groups in total. The lowest BCUT2D eigenvalue weighted by Crippen LogP contribution is -2.54. The second-order valence-electron chi connectivity index (χ2n) is 9.83. The molecule has 0 bridgehead atoms. The monoisotopic (exact) mass is 517 g/mol. The summed E-state index contributed by atoms with van der Waals surface area (Å²) in [6.45, 7) is 0.883. The third-order valence-electron chi connectivity index (χ3n) is 7.57. The fourth-order valence-corrected chi connectivity index (χ4v) is 5.63. The predicted octanol–water partition coefficient (Wildman–Crippen LogP) is 1.67. The number of benzene rings is 2. The Kier molecular flexibility index (Phi) is 7.04. The van der Waals surface area contributed by atoms with E-state index in [1.54, 1.807) is 18.1 Å². The maximum atomic E-state index is 13.8. The van der Waals surface area contributed by atoms with Gasteiger partial charge in [-0.3, -0.25) is 19.2 Å². The van der Waals surface area contributed by atoms with Crippen LogP contribution in [-0.2, 0) is 14.4 Å². The number of hydrogen-bond donors (Lipinski definition) is 4. The van der Waals surface area contributed by atoms with E-state index in [1.807, 2.05) is 48.5 Å². The predicted molar refractivity (Wildman–Crippen MR) is 140 cm³/mol. The maximum absolute atomic E-state index is 13.8. The molecule has 0 unspecified atom stereocenters.